The summed E-state index contributed by atoms with van der Waals surface area (Å²) in [4.78, 5) is 27.0. The molecule has 0 atom stereocenters. The van der Waals surface area contributed by atoms with Crippen LogP contribution in [-0.2, 0) is 24.2 Å². The third-order valence-electron chi connectivity index (χ3n) is 1.58. The molecule has 0 aliphatic carbocycles. The maximum atomic E-state index is 10.4. The zero-order valence-electron chi connectivity index (χ0n) is 14.5. The second kappa shape index (κ2) is 20.3. The number of aliphatic carboxylic acids is 3. The summed E-state index contributed by atoms with van der Waals surface area (Å²) in [6.45, 7) is 2.52. The summed E-state index contributed by atoms with van der Waals surface area (Å²) in [5.74, 6) is -1.65. The van der Waals surface area contributed by atoms with E-state index in [1.165, 1.54) is 0 Å². The molecule has 1 saturated heterocycles. The van der Waals surface area contributed by atoms with Gasteiger partial charge in [-0.3, -0.25) is 14.4 Å². The van der Waals surface area contributed by atoms with Gasteiger partial charge in [0.25, 0.3) is 17.9 Å². The normalized spacial score (nSPS) is 13.2. The monoisotopic (exact) mass is 392 g/mol. The van der Waals surface area contributed by atoms with Gasteiger partial charge in [-0.1, -0.05) is 0 Å². The lowest BCUT2D eigenvalue weighted by Gasteiger charge is -1.96. The van der Waals surface area contributed by atoms with Crippen LogP contribution >= 0.6 is 0 Å². The van der Waals surface area contributed by atoms with Crippen LogP contribution in [0.3, 0.4) is 0 Å². The highest BCUT2D eigenvalue weighted by atomic mass is 32.2. The Bertz CT molecular complexity index is 388. The van der Waals surface area contributed by atoms with Crippen LogP contribution in [0.5, 0.6) is 0 Å². The zero-order chi connectivity index (χ0) is 21.1. The van der Waals surface area contributed by atoms with E-state index in [2.05, 4.69) is 0 Å². The van der Waals surface area contributed by atoms with E-state index < -0.39 is 33.8 Å². The average molecular weight is 392 g/mol. The molecule has 1 fully saturated rings. The Hall–Kier alpha value is -1.76. The van der Waals surface area contributed by atoms with E-state index in [1.807, 2.05) is 0 Å². The van der Waals surface area contributed by atoms with Gasteiger partial charge >= 0.3 is 0 Å². The van der Waals surface area contributed by atoms with Crippen molar-refractivity contribution in [3.05, 3.63) is 0 Å². The number of hydrogen-bond donors (Lipinski definition) is 6. The van der Waals surface area contributed by atoms with Gasteiger partial charge < -0.3 is 30.6 Å². The highest BCUT2D eigenvalue weighted by Crippen LogP contribution is 2.08. The largest absolute Gasteiger partial charge is 0.481 e. The lowest BCUT2D eigenvalue weighted by atomic mass is 10.4. The van der Waals surface area contributed by atoms with E-state index in [-0.39, 0.29) is 13.2 Å². The van der Waals surface area contributed by atoms with E-state index >= 15 is 0 Å². The van der Waals surface area contributed by atoms with Crippen molar-refractivity contribution < 1.29 is 53.4 Å². The van der Waals surface area contributed by atoms with E-state index in [4.69, 9.17) is 45.0 Å². The van der Waals surface area contributed by atoms with Crippen molar-refractivity contribution in [1.29, 1.82) is 0 Å². The van der Waals surface area contributed by atoms with E-state index in [0.717, 1.165) is 33.6 Å². The standard InChI is InChI=1S/C4H8O2S.C3H8O3.3C2H4O2/c5-7(6)3-1-2-4-7;4-1-3(6)2-5;3*1-2(3)4/h1-4H2;3-6H,1-2H2;3*1H3,(H,3,4). The fourth-order valence-corrected chi connectivity index (χ4v) is 2.30. The molecule has 0 saturated carbocycles. The first-order valence-electron chi connectivity index (χ1n) is 6.90. The van der Waals surface area contributed by atoms with Crippen LogP contribution in [-0.4, -0.2) is 87.8 Å². The van der Waals surface area contributed by atoms with E-state index in [0.29, 0.717) is 11.5 Å². The van der Waals surface area contributed by atoms with Gasteiger partial charge in [0.1, 0.15) is 15.9 Å². The van der Waals surface area contributed by atoms with Gasteiger partial charge in [-0.25, -0.2) is 8.42 Å². The highest BCUT2D eigenvalue weighted by molar-refractivity contribution is 7.91. The topological polar surface area (TPSA) is 207 Å². The molecule has 1 aliphatic rings. The van der Waals surface area contributed by atoms with Gasteiger partial charge in [-0.05, 0) is 12.8 Å². The SMILES string of the molecule is CC(=O)O.CC(=O)O.CC(=O)O.O=S1(=O)CCCC1.OCC(O)CO. The first-order valence-corrected chi connectivity index (χ1v) is 8.72. The third kappa shape index (κ3) is 72.1. The molecule has 12 heteroatoms. The van der Waals surface area contributed by atoms with Crippen LogP contribution in [0, 0.1) is 0 Å². The number of sulfone groups is 1. The van der Waals surface area contributed by atoms with Crippen molar-refractivity contribution in [2.45, 2.75) is 39.7 Å². The number of aliphatic hydroxyl groups is 3. The summed E-state index contributed by atoms with van der Waals surface area (Å²) >= 11 is 0. The van der Waals surface area contributed by atoms with Gasteiger partial charge in [-0.15, -0.1) is 0 Å². The summed E-state index contributed by atoms with van der Waals surface area (Å²) in [5.41, 5.74) is 0. The molecule has 25 heavy (non-hydrogen) atoms. The molecular formula is C13H28O11S. The number of carbonyl (C=O) groups is 3. The van der Waals surface area contributed by atoms with Crippen molar-refractivity contribution in [3.8, 4) is 0 Å². The molecule has 0 radical (unpaired) electrons. The van der Waals surface area contributed by atoms with Crippen molar-refractivity contribution in [2.75, 3.05) is 24.7 Å². The Balaban J connectivity index is -0.000000113. The summed E-state index contributed by atoms with van der Waals surface area (Å²) in [5, 5.41) is 46.3. The molecule has 1 rings (SSSR count). The Morgan fingerprint density at radius 3 is 1.04 bits per heavy atom. The van der Waals surface area contributed by atoms with Crippen LogP contribution < -0.4 is 0 Å². The van der Waals surface area contributed by atoms with Crippen LogP contribution in [0.1, 0.15) is 33.6 Å². The minimum absolute atomic E-state index is 0.365. The summed E-state index contributed by atoms with van der Waals surface area (Å²) < 4.78 is 20.9. The number of aliphatic hydroxyl groups excluding tert-OH is 3. The van der Waals surface area contributed by atoms with Crippen LogP contribution in [0.2, 0.25) is 0 Å². The predicted octanol–water partition coefficient (Wildman–Crippen LogP) is -1.20. The van der Waals surface area contributed by atoms with Crippen molar-refractivity contribution in [2.24, 2.45) is 0 Å². The Kier molecular flexibility index (Phi) is 25.2. The fraction of sp³-hybridized carbons (Fsp3) is 0.769. The molecule has 0 spiro atoms. The molecule has 0 unspecified atom stereocenters. The van der Waals surface area contributed by atoms with Crippen LogP contribution in [0.4, 0.5) is 0 Å². The first kappa shape index (κ1) is 31.1. The Morgan fingerprint density at radius 2 is 1.00 bits per heavy atom. The van der Waals surface area contributed by atoms with Gasteiger partial charge in [0.15, 0.2) is 0 Å². The molecule has 6 N–H and O–H groups in total. The second-order valence-corrected chi connectivity index (χ2v) is 6.74. The molecule has 0 aromatic rings. The van der Waals surface area contributed by atoms with Gasteiger partial charge in [-0.2, -0.15) is 0 Å². The maximum absolute atomic E-state index is 10.4. The van der Waals surface area contributed by atoms with Gasteiger partial charge in [0.2, 0.25) is 0 Å². The third-order valence-corrected chi connectivity index (χ3v) is 3.40. The second-order valence-electron chi connectivity index (χ2n) is 4.43. The van der Waals surface area contributed by atoms with Gasteiger partial charge in [0, 0.05) is 20.8 Å². The molecule has 1 aliphatic heterocycles. The smallest absolute Gasteiger partial charge is 0.300 e. The molecule has 0 amide bonds. The summed E-state index contributed by atoms with van der Waals surface area (Å²) in [6.07, 6.45) is 0.801. The van der Waals surface area contributed by atoms with Crippen LogP contribution in [0.25, 0.3) is 0 Å². The van der Waals surface area contributed by atoms with E-state index in [9.17, 15) is 8.42 Å². The lowest BCUT2D eigenvalue weighted by molar-refractivity contribution is -0.135. The quantitative estimate of drug-likeness (QED) is 0.329. The van der Waals surface area contributed by atoms with E-state index in [1.54, 1.807) is 0 Å². The minimum Gasteiger partial charge on any atom is -0.481 e. The minimum atomic E-state index is -2.55. The number of carboxylic acids is 3. The fourth-order valence-electron chi connectivity index (χ4n) is 0.804. The van der Waals surface area contributed by atoms with Gasteiger partial charge in [0.05, 0.1) is 24.7 Å². The Labute approximate surface area is 146 Å². The zero-order valence-corrected chi connectivity index (χ0v) is 15.3. The number of hydrogen-bond acceptors (Lipinski definition) is 8. The molecule has 152 valence electrons. The highest BCUT2D eigenvalue weighted by Gasteiger charge is 2.16. The molecule has 0 bridgehead atoms. The average Bonchev–Trinajstić information content (AvgIpc) is 2.81. The van der Waals surface area contributed by atoms with Crippen LogP contribution in [0.15, 0.2) is 0 Å². The summed E-state index contributed by atoms with van der Waals surface area (Å²) in [6, 6.07) is 0. The first-order chi connectivity index (χ1) is 11.2. The predicted molar refractivity (Wildman–Crippen MR) is 88.0 cm³/mol. The van der Waals surface area contributed by atoms with Crippen molar-refractivity contribution >= 4 is 27.7 Å². The number of rotatable bonds is 2. The molecular weight excluding hydrogens is 364 g/mol. The molecule has 1 heterocycles. The number of carboxylic acid groups (broad SMARTS) is 3. The van der Waals surface area contributed by atoms with Crippen molar-refractivity contribution in [1.82, 2.24) is 0 Å². The molecule has 0 aromatic carbocycles. The Morgan fingerprint density at radius 1 is 0.800 bits per heavy atom. The molecule has 0 aromatic heterocycles. The summed E-state index contributed by atoms with van der Waals surface area (Å²) in [7, 11) is -2.55. The van der Waals surface area contributed by atoms with Crippen molar-refractivity contribution in [3.63, 3.8) is 0 Å². The maximum Gasteiger partial charge on any atom is 0.300 e. The lowest BCUT2D eigenvalue weighted by Crippen LogP contribution is -2.15. The molecule has 11 nitrogen and oxygen atoms in total.